The lowest BCUT2D eigenvalue weighted by atomic mass is 10.3. The molecule has 5 nitrogen and oxygen atoms in total. The molecule has 2 rings (SSSR count). The minimum atomic E-state index is -0.128. The number of pyridine rings is 1. The van der Waals surface area contributed by atoms with E-state index in [1.807, 2.05) is 18.3 Å². The van der Waals surface area contributed by atoms with E-state index < -0.39 is 0 Å². The Bertz CT molecular complexity index is 535. The maximum Gasteiger partial charge on any atom is 0.343 e. The van der Waals surface area contributed by atoms with Gasteiger partial charge in [-0.3, -0.25) is 9.55 Å². The van der Waals surface area contributed by atoms with E-state index >= 15 is 0 Å². The zero-order valence-corrected chi connectivity index (χ0v) is 11.1. The molecule has 0 aliphatic carbocycles. The molecule has 96 valence electrons. The van der Waals surface area contributed by atoms with Crippen LogP contribution in [0.3, 0.4) is 0 Å². The predicted octanol–water partition coefficient (Wildman–Crippen LogP) is 2.06. The van der Waals surface area contributed by atoms with Crippen LogP contribution in [0.2, 0.25) is 0 Å². The molecule has 0 saturated heterocycles. The van der Waals surface area contributed by atoms with Crippen molar-refractivity contribution in [3.63, 3.8) is 0 Å². The number of nitrogens with zero attached hydrogens (tertiary/aromatic N) is 3. The molecular weight excluding hydrogens is 248 g/mol. The van der Waals surface area contributed by atoms with Gasteiger partial charge in [0.15, 0.2) is 5.16 Å². The molecule has 2 heterocycles. The molecular formula is C12H16N4OS. The molecule has 0 unspecified atom stereocenters. The van der Waals surface area contributed by atoms with E-state index in [9.17, 15) is 4.79 Å². The summed E-state index contributed by atoms with van der Waals surface area (Å²) in [7, 11) is 0. The van der Waals surface area contributed by atoms with Crippen molar-refractivity contribution in [2.24, 2.45) is 0 Å². The van der Waals surface area contributed by atoms with Gasteiger partial charge in [-0.05, 0) is 18.1 Å². The number of aromatic nitrogens is 4. The van der Waals surface area contributed by atoms with Crippen LogP contribution in [0.1, 0.15) is 25.3 Å². The Morgan fingerprint density at radius 3 is 3.11 bits per heavy atom. The van der Waals surface area contributed by atoms with Crippen molar-refractivity contribution in [3.05, 3.63) is 40.6 Å². The summed E-state index contributed by atoms with van der Waals surface area (Å²) in [5, 5.41) is 7.30. The standard InChI is InChI=1S/C12H16N4OS/c1-2-3-7-16-11(17)14-15-12(16)18-9-10-5-4-6-13-8-10/h4-6,8H,2-3,7,9H2,1H3,(H,14,17). The number of unbranched alkanes of at least 4 members (excludes halogenated alkanes) is 1. The average molecular weight is 264 g/mol. The second kappa shape index (κ2) is 6.39. The van der Waals surface area contributed by atoms with Crippen molar-refractivity contribution in [3.8, 4) is 0 Å². The maximum absolute atomic E-state index is 11.6. The smallest absolute Gasteiger partial charge is 0.270 e. The summed E-state index contributed by atoms with van der Waals surface area (Å²) in [5.41, 5.74) is 0.997. The molecule has 6 heteroatoms. The Morgan fingerprint density at radius 1 is 1.50 bits per heavy atom. The molecule has 0 amide bonds. The molecule has 0 atom stereocenters. The van der Waals surface area contributed by atoms with Crippen molar-refractivity contribution in [1.82, 2.24) is 19.7 Å². The Balaban J connectivity index is 2.03. The largest absolute Gasteiger partial charge is 0.343 e. The van der Waals surface area contributed by atoms with Gasteiger partial charge in [0.05, 0.1) is 0 Å². The van der Waals surface area contributed by atoms with Gasteiger partial charge in [-0.25, -0.2) is 9.89 Å². The summed E-state index contributed by atoms with van der Waals surface area (Å²) in [6.07, 6.45) is 5.62. The fraction of sp³-hybridized carbons (Fsp3) is 0.417. The second-order valence-corrected chi connectivity index (χ2v) is 4.91. The van der Waals surface area contributed by atoms with Gasteiger partial charge in [0.1, 0.15) is 0 Å². The highest BCUT2D eigenvalue weighted by molar-refractivity contribution is 7.98. The van der Waals surface area contributed by atoms with E-state index in [0.29, 0.717) is 0 Å². The third kappa shape index (κ3) is 3.22. The van der Waals surface area contributed by atoms with Crippen molar-refractivity contribution < 1.29 is 0 Å². The van der Waals surface area contributed by atoms with Crippen LogP contribution in [0.15, 0.2) is 34.5 Å². The summed E-state index contributed by atoms with van der Waals surface area (Å²) in [6.45, 7) is 2.83. The average Bonchev–Trinajstić information content (AvgIpc) is 2.76. The van der Waals surface area contributed by atoms with E-state index in [2.05, 4.69) is 22.1 Å². The Morgan fingerprint density at radius 2 is 2.39 bits per heavy atom. The topological polar surface area (TPSA) is 63.6 Å². The Kier molecular flexibility index (Phi) is 4.58. The highest BCUT2D eigenvalue weighted by atomic mass is 32.2. The van der Waals surface area contributed by atoms with Gasteiger partial charge in [-0.2, -0.15) is 0 Å². The maximum atomic E-state index is 11.6. The van der Waals surface area contributed by atoms with Crippen LogP contribution in [-0.4, -0.2) is 19.7 Å². The number of rotatable bonds is 6. The van der Waals surface area contributed by atoms with Crippen molar-refractivity contribution >= 4 is 11.8 Å². The van der Waals surface area contributed by atoms with Gasteiger partial charge in [0, 0.05) is 24.7 Å². The summed E-state index contributed by atoms with van der Waals surface area (Å²) in [5.74, 6) is 0.768. The van der Waals surface area contributed by atoms with E-state index in [1.165, 1.54) is 0 Å². The first kappa shape index (κ1) is 12.9. The van der Waals surface area contributed by atoms with Gasteiger partial charge in [0.2, 0.25) is 0 Å². The molecule has 0 bridgehead atoms. The number of hydrogen-bond donors (Lipinski definition) is 1. The zero-order valence-electron chi connectivity index (χ0n) is 10.3. The lowest BCUT2D eigenvalue weighted by molar-refractivity contribution is 0.573. The number of hydrogen-bond acceptors (Lipinski definition) is 4. The summed E-state index contributed by atoms with van der Waals surface area (Å²) in [6, 6.07) is 3.92. The molecule has 2 aromatic rings. The normalized spacial score (nSPS) is 10.7. The first-order chi connectivity index (χ1) is 8.81. The molecule has 0 aromatic carbocycles. The first-order valence-electron chi connectivity index (χ1n) is 5.98. The lowest BCUT2D eigenvalue weighted by Gasteiger charge is -2.04. The molecule has 0 spiro atoms. The van der Waals surface area contributed by atoms with Gasteiger partial charge in [-0.1, -0.05) is 31.2 Å². The van der Waals surface area contributed by atoms with E-state index in [-0.39, 0.29) is 5.69 Å². The van der Waals surface area contributed by atoms with E-state index in [0.717, 1.165) is 35.9 Å². The van der Waals surface area contributed by atoms with Crippen LogP contribution >= 0.6 is 11.8 Å². The fourth-order valence-electron chi connectivity index (χ4n) is 1.56. The molecule has 0 aliphatic rings. The molecule has 0 saturated carbocycles. The number of thioether (sulfide) groups is 1. The monoisotopic (exact) mass is 264 g/mol. The van der Waals surface area contributed by atoms with Crippen LogP contribution in [0.25, 0.3) is 0 Å². The van der Waals surface area contributed by atoms with E-state index in [4.69, 9.17) is 0 Å². The highest BCUT2D eigenvalue weighted by Gasteiger charge is 2.08. The van der Waals surface area contributed by atoms with Crippen LogP contribution in [-0.2, 0) is 12.3 Å². The fourth-order valence-corrected chi connectivity index (χ4v) is 2.46. The van der Waals surface area contributed by atoms with Crippen LogP contribution < -0.4 is 5.69 Å². The quantitative estimate of drug-likeness (QED) is 0.811. The molecule has 0 aliphatic heterocycles. The number of H-pyrrole nitrogens is 1. The summed E-state index contributed by atoms with van der Waals surface area (Å²) >= 11 is 1.55. The number of aromatic amines is 1. The van der Waals surface area contributed by atoms with Gasteiger partial charge >= 0.3 is 5.69 Å². The lowest BCUT2D eigenvalue weighted by Crippen LogP contribution is -2.17. The molecule has 18 heavy (non-hydrogen) atoms. The second-order valence-electron chi connectivity index (χ2n) is 3.97. The summed E-state index contributed by atoms with van der Waals surface area (Å²) in [4.78, 5) is 15.6. The number of nitrogens with one attached hydrogen (secondary N) is 1. The Labute approximate surface area is 110 Å². The predicted molar refractivity (Wildman–Crippen MR) is 71.6 cm³/mol. The first-order valence-corrected chi connectivity index (χ1v) is 6.96. The molecule has 2 aromatic heterocycles. The third-order valence-electron chi connectivity index (χ3n) is 2.55. The van der Waals surface area contributed by atoms with Gasteiger partial charge < -0.3 is 0 Å². The summed E-state index contributed by atoms with van der Waals surface area (Å²) < 4.78 is 1.70. The van der Waals surface area contributed by atoms with Crippen molar-refractivity contribution in [2.45, 2.75) is 37.2 Å². The minimum Gasteiger partial charge on any atom is -0.270 e. The minimum absolute atomic E-state index is 0.128. The van der Waals surface area contributed by atoms with Crippen LogP contribution in [0.5, 0.6) is 0 Å². The molecule has 0 radical (unpaired) electrons. The van der Waals surface area contributed by atoms with Gasteiger partial charge in [-0.15, -0.1) is 5.10 Å². The van der Waals surface area contributed by atoms with Crippen molar-refractivity contribution in [1.29, 1.82) is 0 Å². The Hall–Kier alpha value is -1.56. The highest BCUT2D eigenvalue weighted by Crippen LogP contribution is 2.19. The van der Waals surface area contributed by atoms with Crippen LogP contribution in [0.4, 0.5) is 0 Å². The van der Waals surface area contributed by atoms with E-state index in [1.54, 1.807) is 22.5 Å². The van der Waals surface area contributed by atoms with Crippen LogP contribution in [0, 0.1) is 0 Å². The molecule has 1 N–H and O–H groups in total. The SMILES string of the molecule is CCCCn1c(SCc2cccnc2)n[nH]c1=O. The van der Waals surface area contributed by atoms with Gasteiger partial charge in [0.25, 0.3) is 0 Å². The molecule has 0 fully saturated rings. The van der Waals surface area contributed by atoms with Crippen molar-refractivity contribution in [2.75, 3.05) is 0 Å². The third-order valence-corrected chi connectivity index (χ3v) is 3.60. The zero-order chi connectivity index (χ0) is 12.8.